The van der Waals surface area contributed by atoms with Gasteiger partial charge in [-0.2, -0.15) is 0 Å². The van der Waals surface area contributed by atoms with Gasteiger partial charge in [0.1, 0.15) is 0 Å². The predicted molar refractivity (Wildman–Crippen MR) is 65.5 cm³/mol. The first kappa shape index (κ1) is 14.5. The Morgan fingerprint density at radius 2 is 2.24 bits per heavy atom. The predicted octanol–water partition coefficient (Wildman–Crippen LogP) is 3.85. The number of pyridine rings is 1. The molecule has 3 nitrogen and oxygen atoms in total. The molecule has 0 aliphatic heterocycles. The highest BCUT2D eigenvalue weighted by atomic mass is 79.9. The summed E-state index contributed by atoms with van der Waals surface area (Å²) in [5.74, 6) is -0.843. The largest absolute Gasteiger partial charge is 0.461 e. The van der Waals surface area contributed by atoms with E-state index in [0.29, 0.717) is 10.9 Å². The number of hydrogen-bond donors (Lipinski definition) is 0. The number of rotatable bonds is 4. The van der Waals surface area contributed by atoms with E-state index in [1.54, 1.807) is 6.92 Å². The van der Waals surface area contributed by atoms with Crippen molar-refractivity contribution in [3.8, 4) is 0 Å². The van der Waals surface area contributed by atoms with Gasteiger partial charge in [0.05, 0.1) is 12.2 Å². The molecule has 0 unspecified atom stereocenters. The lowest BCUT2D eigenvalue weighted by Crippen LogP contribution is -2.12. The van der Waals surface area contributed by atoms with Crippen molar-refractivity contribution in [2.45, 2.75) is 18.7 Å². The number of halogens is 4. The number of aromatic nitrogens is 1. The second-order valence-corrected chi connectivity index (χ2v) is 4.37. The lowest BCUT2D eigenvalue weighted by Gasteiger charge is -2.11. The van der Waals surface area contributed by atoms with Crippen LogP contribution in [0.4, 0.5) is 8.78 Å². The van der Waals surface area contributed by atoms with Gasteiger partial charge in [0.2, 0.25) is 0 Å². The third kappa shape index (κ3) is 3.22. The molecule has 0 radical (unpaired) electrons. The summed E-state index contributed by atoms with van der Waals surface area (Å²) in [6.07, 6.45) is -1.44. The summed E-state index contributed by atoms with van der Waals surface area (Å²) in [6, 6.07) is 0. The van der Waals surface area contributed by atoms with Crippen molar-refractivity contribution < 1.29 is 18.3 Å². The number of carbonyl (C=O) groups is 1. The summed E-state index contributed by atoms with van der Waals surface area (Å²) in [7, 11) is 0. The van der Waals surface area contributed by atoms with E-state index in [9.17, 15) is 13.6 Å². The summed E-state index contributed by atoms with van der Waals surface area (Å²) < 4.78 is 30.7. The Morgan fingerprint density at radius 3 is 2.71 bits per heavy atom. The van der Waals surface area contributed by atoms with E-state index in [1.165, 1.54) is 6.20 Å². The van der Waals surface area contributed by atoms with Crippen LogP contribution in [0.5, 0.6) is 0 Å². The van der Waals surface area contributed by atoms with Gasteiger partial charge in [-0.05, 0) is 28.4 Å². The number of alkyl halides is 3. The second-order valence-electron chi connectivity index (χ2n) is 3.01. The maximum absolute atomic E-state index is 12.9. The van der Waals surface area contributed by atoms with E-state index >= 15 is 0 Å². The quantitative estimate of drug-likeness (QED) is 0.595. The number of ether oxygens (including phenoxy) is 1. The van der Waals surface area contributed by atoms with Crippen LogP contribution < -0.4 is 0 Å². The van der Waals surface area contributed by atoms with E-state index in [-0.39, 0.29) is 16.8 Å². The van der Waals surface area contributed by atoms with Crippen molar-refractivity contribution in [1.82, 2.24) is 4.98 Å². The molecule has 0 amide bonds. The Bertz CT molecular complexity index is 427. The minimum Gasteiger partial charge on any atom is -0.461 e. The topological polar surface area (TPSA) is 39.2 Å². The molecule has 94 valence electrons. The molecule has 0 N–H and O–H groups in total. The molecule has 0 fully saturated rings. The maximum atomic E-state index is 12.9. The minimum absolute atomic E-state index is 0.112. The first-order chi connectivity index (χ1) is 8.02. The van der Waals surface area contributed by atoms with Crippen molar-refractivity contribution in [2.75, 3.05) is 6.61 Å². The molecular weight excluding hydrogens is 364 g/mol. The lowest BCUT2D eigenvalue weighted by atomic mass is 10.1. The third-order valence-electron chi connectivity index (χ3n) is 1.95. The number of carbonyl (C=O) groups excluding carboxylic acids is 1. The van der Waals surface area contributed by atoms with Crippen molar-refractivity contribution in [3.63, 3.8) is 0 Å². The fraction of sp³-hybridized carbons (Fsp3) is 0.400. The zero-order valence-corrected chi connectivity index (χ0v) is 12.0. The average molecular weight is 373 g/mol. The minimum atomic E-state index is -2.80. The van der Waals surface area contributed by atoms with Crippen molar-refractivity contribution >= 4 is 37.8 Å². The van der Waals surface area contributed by atoms with E-state index in [4.69, 9.17) is 0 Å². The normalized spacial score (nSPS) is 10.7. The van der Waals surface area contributed by atoms with Crippen LogP contribution >= 0.6 is 31.9 Å². The van der Waals surface area contributed by atoms with Crippen molar-refractivity contribution in [2.24, 2.45) is 0 Å². The molecule has 7 heteroatoms. The van der Waals surface area contributed by atoms with Gasteiger partial charge in [-0.15, -0.1) is 0 Å². The number of esters is 1. The Balaban J connectivity index is 3.31. The number of nitrogens with zero attached hydrogens (tertiary/aromatic N) is 1. The molecule has 1 rings (SSSR count). The molecule has 0 saturated carbocycles. The molecule has 0 aromatic carbocycles. The van der Waals surface area contributed by atoms with Gasteiger partial charge >= 0.3 is 5.97 Å². The lowest BCUT2D eigenvalue weighted by molar-refractivity contribution is 0.0507. The summed E-state index contributed by atoms with van der Waals surface area (Å²) in [5, 5.41) is 0.364. The highest BCUT2D eigenvalue weighted by Crippen LogP contribution is 2.33. The summed E-state index contributed by atoms with van der Waals surface area (Å²) in [4.78, 5) is 15.2. The van der Waals surface area contributed by atoms with Crippen LogP contribution in [0.25, 0.3) is 0 Å². The zero-order valence-electron chi connectivity index (χ0n) is 8.84. The van der Waals surface area contributed by atoms with Crippen LogP contribution in [0.1, 0.15) is 35.0 Å². The molecule has 17 heavy (non-hydrogen) atoms. The van der Waals surface area contributed by atoms with Crippen LogP contribution in [0.2, 0.25) is 0 Å². The highest BCUT2D eigenvalue weighted by Gasteiger charge is 2.25. The van der Waals surface area contributed by atoms with E-state index in [2.05, 4.69) is 41.6 Å². The van der Waals surface area contributed by atoms with Gasteiger partial charge in [-0.25, -0.2) is 18.6 Å². The van der Waals surface area contributed by atoms with E-state index < -0.39 is 18.0 Å². The smallest absolute Gasteiger partial charge is 0.357 e. The third-order valence-corrected chi connectivity index (χ3v) is 3.49. The van der Waals surface area contributed by atoms with E-state index in [1.807, 2.05) is 0 Å². The fourth-order valence-corrected chi connectivity index (χ4v) is 2.60. The number of hydrogen-bond acceptors (Lipinski definition) is 3. The van der Waals surface area contributed by atoms with Gasteiger partial charge in [-0.3, -0.25) is 0 Å². The van der Waals surface area contributed by atoms with Crippen LogP contribution in [0.3, 0.4) is 0 Å². The summed E-state index contributed by atoms with van der Waals surface area (Å²) >= 11 is 6.21. The molecule has 0 aliphatic carbocycles. The SMILES string of the molecule is CCOC(=O)c1ncc(CBr)c(Br)c1C(F)F. The van der Waals surface area contributed by atoms with Gasteiger partial charge in [0.25, 0.3) is 6.43 Å². The fourth-order valence-electron chi connectivity index (χ4n) is 1.20. The molecule has 1 aromatic rings. The molecule has 1 heterocycles. The molecule has 0 spiro atoms. The highest BCUT2D eigenvalue weighted by molar-refractivity contribution is 9.10. The Morgan fingerprint density at radius 1 is 1.59 bits per heavy atom. The summed E-state index contributed by atoms with van der Waals surface area (Å²) in [5.41, 5.74) is -0.229. The molecule has 1 aromatic heterocycles. The molecular formula is C10H9Br2F2NO2. The van der Waals surface area contributed by atoms with Crippen LogP contribution in [0, 0.1) is 0 Å². The molecule has 0 aliphatic rings. The molecule has 0 saturated heterocycles. The van der Waals surface area contributed by atoms with E-state index in [0.717, 1.165) is 0 Å². The monoisotopic (exact) mass is 371 g/mol. The van der Waals surface area contributed by atoms with Gasteiger partial charge in [0.15, 0.2) is 5.69 Å². The Hall–Kier alpha value is -0.560. The Labute approximate surface area is 114 Å². The van der Waals surface area contributed by atoms with Gasteiger partial charge < -0.3 is 4.74 Å². The Kier molecular flexibility index (Phi) is 5.45. The van der Waals surface area contributed by atoms with Gasteiger partial charge in [0, 0.05) is 16.0 Å². The maximum Gasteiger partial charge on any atom is 0.357 e. The van der Waals surface area contributed by atoms with Crippen molar-refractivity contribution in [3.05, 3.63) is 27.5 Å². The van der Waals surface area contributed by atoms with Gasteiger partial charge in [-0.1, -0.05) is 15.9 Å². The van der Waals surface area contributed by atoms with Crippen LogP contribution in [0.15, 0.2) is 10.7 Å². The second kappa shape index (κ2) is 6.39. The average Bonchev–Trinajstić information content (AvgIpc) is 2.28. The standard InChI is InChI=1S/C10H9Br2F2NO2/c1-2-17-10(16)8-6(9(13)14)7(12)5(3-11)4-15-8/h4,9H,2-3H2,1H3. The first-order valence-electron chi connectivity index (χ1n) is 4.71. The zero-order chi connectivity index (χ0) is 13.0. The van der Waals surface area contributed by atoms with Crippen molar-refractivity contribution in [1.29, 1.82) is 0 Å². The van der Waals surface area contributed by atoms with Crippen LogP contribution in [-0.2, 0) is 10.1 Å². The van der Waals surface area contributed by atoms with Crippen LogP contribution in [-0.4, -0.2) is 17.6 Å². The molecule has 0 bridgehead atoms. The molecule has 0 atom stereocenters. The summed E-state index contributed by atoms with van der Waals surface area (Å²) in [6.45, 7) is 1.71. The first-order valence-corrected chi connectivity index (χ1v) is 6.62.